The van der Waals surface area contributed by atoms with Gasteiger partial charge in [-0.2, -0.15) is 5.10 Å². The van der Waals surface area contributed by atoms with Crippen LogP contribution in [-0.2, 0) is 17.7 Å². The molecular formula is C11H18N2O2. The molecular weight excluding hydrogens is 192 g/mol. The van der Waals surface area contributed by atoms with Gasteiger partial charge in [-0.25, -0.2) is 0 Å². The van der Waals surface area contributed by atoms with Gasteiger partial charge in [0, 0.05) is 13.2 Å². The number of hydrogen-bond acceptors (Lipinski definition) is 3. The summed E-state index contributed by atoms with van der Waals surface area (Å²) < 4.78 is 6.84. The molecule has 1 rings (SSSR count). The van der Waals surface area contributed by atoms with E-state index >= 15 is 0 Å². The highest BCUT2D eigenvalue weighted by atomic mass is 16.5. The molecule has 0 fully saturated rings. The van der Waals surface area contributed by atoms with Gasteiger partial charge in [0.2, 0.25) is 5.78 Å². The van der Waals surface area contributed by atoms with E-state index in [0.717, 1.165) is 12.1 Å². The quantitative estimate of drug-likeness (QED) is 0.671. The van der Waals surface area contributed by atoms with Gasteiger partial charge in [0.05, 0.1) is 5.69 Å². The van der Waals surface area contributed by atoms with Crippen molar-refractivity contribution in [2.45, 2.75) is 33.7 Å². The molecule has 0 amide bonds. The Morgan fingerprint density at radius 3 is 2.73 bits per heavy atom. The molecule has 84 valence electrons. The van der Waals surface area contributed by atoms with Gasteiger partial charge in [-0.15, -0.1) is 0 Å². The highest BCUT2D eigenvalue weighted by Gasteiger charge is 2.13. The van der Waals surface area contributed by atoms with Crippen molar-refractivity contribution in [1.82, 2.24) is 9.78 Å². The zero-order valence-corrected chi connectivity index (χ0v) is 9.62. The lowest BCUT2D eigenvalue weighted by atomic mass is 10.2. The normalized spacial score (nSPS) is 10.6. The van der Waals surface area contributed by atoms with E-state index in [4.69, 9.17) is 4.74 Å². The second kappa shape index (κ2) is 5.66. The second-order valence-corrected chi connectivity index (χ2v) is 3.25. The monoisotopic (exact) mass is 210 g/mol. The summed E-state index contributed by atoms with van der Waals surface area (Å²) in [6.07, 6.45) is 0.849. The van der Waals surface area contributed by atoms with Gasteiger partial charge in [-0.3, -0.25) is 9.48 Å². The third-order valence-electron chi connectivity index (χ3n) is 2.22. The van der Waals surface area contributed by atoms with Crippen LogP contribution in [0.2, 0.25) is 0 Å². The molecule has 4 nitrogen and oxygen atoms in total. The molecule has 0 aliphatic rings. The SMILES string of the molecule is CCOCC(=O)c1cc(CC)nn1CC. The molecule has 0 aromatic carbocycles. The van der Waals surface area contributed by atoms with Crippen molar-refractivity contribution in [3.8, 4) is 0 Å². The molecule has 0 saturated heterocycles. The van der Waals surface area contributed by atoms with Crippen molar-refractivity contribution in [3.63, 3.8) is 0 Å². The number of Topliss-reactive ketones (excluding diaryl/α,β-unsaturated/α-hetero) is 1. The molecule has 1 heterocycles. The fraction of sp³-hybridized carbons (Fsp3) is 0.636. The first kappa shape index (κ1) is 11.9. The first-order valence-electron chi connectivity index (χ1n) is 5.40. The summed E-state index contributed by atoms with van der Waals surface area (Å²) in [4.78, 5) is 11.7. The van der Waals surface area contributed by atoms with Gasteiger partial charge < -0.3 is 4.74 Å². The Kier molecular flexibility index (Phi) is 4.49. The summed E-state index contributed by atoms with van der Waals surface area (Å²) in [5.74, 6) is 0.00546. The molecule has 1 aromatic heterocycles. The van der Waals surface area contributed by atoms with Gasteiger partial charge >= 0.3 is 0 Å². The molecule has 1 aromatic rings. The topological polar surface area (TPSA) is 44.1 Å². The molecule has 0 bridgehead atoms. The van der Waals surface area contributed by atoms with Crippen LogP contribution in [0.5, 0.6) is 0 Å². The van der Waals surface area contributed by atoms with Gasteiger partial charge in [-0.1, -0.05) is 6.92 Å². The van der Waals surface area contributed by atoms with Crippen LogP contribution in [0.15, 0.2) is 6.07 Å². The van der Waals surface area contributed by atoms with Crippen molar-refractivity contribution >= 4 is 5.78 Å². The third-order valence-corrected chi connectivity index (χ3v) is 2.22. The number of nitrogens with zero attached hydrogens (tertiary/aromatic N) is 2. The second-order valence-electron chi connectivity index (χ2n) is 3.25. The minimum atomic E-state index is 0.00546. The summed E-state index contributed by atoms with van der Waals surface area (Å²) in [5, 5.41) is 4.32. The van der Waals surface area contributed by atoms with Gasteiger partial charge in [0.15, 0.2) is 0 Å². The van der Waals surface area contributed by atoms with Crippen molar-refractivity contribution in [1.29, 1.82) is 0 Å². The van der Waals surface area contributed by atoms with Crippen molar-refractivity contribution in [3.05, 3.63) is 17.5 Å². The van der Waals surface area contributed by atoms with Gasteiger partial charge in [-0.05, 0) is 26.3 Å². The predicted molar refractivity (Wildman–Crippen MR) is 58.1 cm³/mol. The number of hydrogen-bond donors (Lipinski definition) is 0. The number of ether oxygens (including phenoxy) is 1. The minimum Gasteiger partial charge on any atom is -0.374 e. The van der Waals surface area contributed by atoms with Crippen LogP contribution in [0.3, 0.4) is 0 Å². The largest absolute Gasteiger partial charge is 0.374 e. The maximum absolute atomic E-state index is 11.7. The lowest BCUT2D eigenvalue weighted by Gasteiger charge is -2.03. The van der Waals surface area contributed by atoms with Crippen LogP contribution < -0.4 is 0 Å². The Morgan fingerprint density at radius 1 is 1.47 bits per heavy atom. The van der Waals surface area contributed by atoms with Crippen LogP contribution in [0.4, 0.5) is 0 Å². The molecule has 0 saturated carbocycles. The van der Waals surface area contributed by atoms with E-state index in [-0.39, 0.29) is 12.4 Å². The Morgan fingerprint density at radius 2 is 2.20 bits per heavy atom. The van der Waals surface area contributed by atoms with Crippen molar-refractivity contribution in [2.24, 2.45) is 0 Å². The number of rotatable bonds is 6. The first-order valence-corrected chi connectivity index (χ1v) is 5.40. The minimum absolute atomic E-state index is 0.00546. The smallest absolute Gasteiger partial charge is 0.206 e. The molecule has 0 aliphatic heterocycles. The molecule has 0 radical (unpaired) electrons. The standard InChI is InChI=1S/C11H18N2O2/c1-4-9-7-10(13(5-2)12-9)11(14)8-15-6-3/h7H,4-6,8H2,1-3H3. The van der Waals surface area contributed by atoms with E-state index in [0.29, 0.717) is 18.8 Å². The maximum Gasteiger partial charge on any atom is 0.206 e. The fourth-order valence-electron chi connectivity index (χ4n) is 1.38. The maximum atomic E-state index is 11.7. The average molecular weight is 210 g/mol. The summed E-state index contributed by atoms with van der Waals surface area (Å²) in [7, 11) is 0. The highest BCUT2D eigenvalue weighted by Crippen LogP contribution is 2.06. The number of aryl methyl sites for hydroxylation is 2. The first-order chi connectivity index (χ1) is 7.22. The van der Waals surface area contributed by atoms with Crippen LogP contribution in [0.25, 0.3) is 0 Å². The molecule has 0 unspecified atom stereocenters. The Hall–Kier alpha value is -1.16. The number of aromatic nitrogens is 2. The van der Waals surface area contributed by atoms with E-state index < -0.39 is 0 Å². The summed E-state index contributed by atoms with van der Waals surface area (Å²) in [6.45, 7) is 7.30. The summed E-state index contributed by atoms with van der Waals surface area (Å²) in [6, 6.07) is 1.85. The lowest BCUT2D eigenvalue weighted by Crippen LogP contribution is -2.14. The average Bonchev–Trinajstić information content (AvgIpc) is 2.69. The van der Waals surface area contributed by atoms with E-state index in [9.17, 15) is 4.79 Å². The molecule has 0 aliphatic carbocycles. The van der Waals surface area contributed by atoms with Crippen LogP contribution >= 0.6 is 0 Å². The van der Waals surface area contributed by atoms with E-state index in [1.807, 2.05) is 26.8 Å². The molecule has 0 spiro atoms. The van der Waals surface area contributed by atoms with Crippen LogP contribution in [-0.4, -0.2) is 28.8 Å². The zero-order valence-electron chi connectivity index (χ0n) is 9.62. The van der Waals surface area contributed by atoms with Crippen LogP contribution in [0.1, 0.15) is 37.0 Å². The Bertz CT molecular complexity index is 331. The number of carbonyl (C=O) groups excluding carboxylic acids is 1. The summed E-state index contributed by atoms with van der Waals surface area (Å²) in [5.41, 5.74) is 1.61. The zero-order chi connectivity index (χ0) is 11.3. The number of carbonyl (C=O) groups is 1. The molecule has 15 heavy (non-hydrogen) atoms. The fourth-order valence-corrected chi connectivity index (χ4v) is 1.38. The third kappa shape index (κ3) is 2.89. The predicted octanol–water partition coefficient (Wildman–Crippen LogP) is 1.68. The molecule has 0 atom stereocenters. The summed E-state index contributed by atoms with van der Waals surface area (Å²) >= 11 is 0. The number of ketones is 1. The van der Waals surface area contributed by atoms with E-state index in [1.165, 1.54) is 0 Å². The highest BCUT2D eigenvalue weighted by molar-refractivity contribution is 5.95. The Balaban J connectivity index is 2.81. The van der Waals surface area contributed by atoms with E-state index in [1.54, 1.807) is 4.68 Å². The van der Waals surface area contributed by atoms with E-state index in [2.05, 4.69) is 5.10 Å². The van der Waals surface area contributed by atoms with Gasteiger partial charge in [0.25, 0.3) is 0 Å². The Labute approximate surface area is 90.2 Å². The van der Waals surface area contributed by atoms with Crippen molar-refractivity contribution < 1.29 is 9.53 Å². The van der Waals surface area contributed by atoms with Gasteiger partial charge in [0.1, 0.15) is 12.3 Å². The van der Waals surface area contributed by atoms with Crippen LogP contribution in [0, 0.1) is 0 Å². The van der Waals surface area contributed by atoms with Crippen molar-refractivity contribution in [2.75, 3.05) is 13.2 Å². The molecule has 0 N–H and O–H groups in total. The molecule has 4 heteroatoms. The lowest BCUT2D eigenvalue weighted by molar-refractivity contribution is 0.0772.